The van der Waals surface area contributed by atoms with Crippen molar-refractivity contribution in [1.29, 1.82) is 0 Å². The molecule has 13 heavy (non-hydrogen) atoms. The van der Waals surface area contributed by atoms with E-state index in [1.807, 2.05) is 13.2 Å². The minimum Gasteiger partial charge on any atom is -0.319 e. The number of aromatic amines is 1. The summed E-state index contributed by atoms with van der Waals surface area (Å²) in [5.74, 6) is 0.689. The van der Waals surface area contributed by atoms with Crippen LogP contribution in [-0.2, 0) is 12.8 Å². The summed E-state index contributed by atoms with van der Waals surface area (Å²) in [7, 11) is 1.97. The maximum Gasteiger partial charge on any atom is 0.0522 e. The van der Waals surface area contributed by atoms with Gasteiger partial charge in [-0.1, -0.05) is 13.8 Å². The Balaban J connectivity index is 2.55. The minimum atomic E-state index is 0.689. The van der Waals surface area contributed by atoms with Crippen molar-refractivity contribution in [3.8, 4) is 0 Å². The summed E-state index contributed by atoms with van der Waals surface area (Å²) in [6.07, 6.45) is 4.10. The van der Waals surface area contributed by atoms with Gasteiger partial charge >= 0.3 is 0 Å². The number of hydrogen-bond donors (Lipinski definition) is 2. The van der Waals surface area contributed by atoms with Crippen LogP contribution in [0.25, 0.3) is 0 Å². The lowest BCUT2D eigenvalue weighted by Gasteiger charge is -2.05. The molecule has 1 heterocycles. The topological polar surface area (TPSA) is 40.7 Å². The Morgan fingerprint density at radius 2 is 2.31 bits per heavy atom. The van der Waals surface area contributed by atoms with Gasteiger partial charge in [0.25, 0.3) is 0 Å². The minimum absolute atomic E-state index is 0.689. The molecular weight excluding hydrogens is 162 g/mol. The van der Waals surface area contributed by atoms with Crippen molar-refractivity contribution in [1.82, 2.24) is 15.5 Å². The SMILES string of the molecule is CNCCc1cn[nH]c1CC(C)C. The number of H-pyrrole nitrogens is 1. The molecule has 0 atom stereocenters. The van der Waals surface area contributed by atoms with Crippen LogP contribution >= 0.6 is 0 Å². The quantitative estimate of drug-likeness (QED) is 0.720. The summed E-state index contributed by atoms with van der Waals surface area (Å²) < 4.78 is 0. The molecule has 0 aliphatic rings. The molecule has 74 valence electrons. The Hall–Kier alpha value is -0.830. The summed E-state index contributed by atoms with van der Waals surface area (Å²) >= 11 is 0. The average molecular weight is 181 g/mol. The Kier molecular flexibility index (Phi) is 3.96. The molecule has 0 saturated carbocycles. The number of hydrogen-bond acceptors (Lipinski definition) is 2. The molecule has 0 fully saturated rings. The molecule has 2 N–H and O–H groups in total. The number of likely N-dealkylation sites (N-methyl/N-ethyl adjacent to an activating group) is 1. The Bertz CT molecular complexity index is 240. The maximum atomic E-state index is 4.08. The van der Waals surface area contributed by atoms with Crippen molar-refractivity contribution in [3.63, 3.8) is 0 Å². The highest BCUT2D eigenvalue weighted by atomic mass is 15.1. The van der Waals surface area contributed by atoms with Crippen LogP contribution in [0.2, 0.25) is 0 Å². The fourth-order valence-electron chi connectivity index (χ4n) is 1.40. The zero-order valence-electron chi connectivity index (χ0n) is 8.72. The van der Waals surface area contributed by atoms with Crippen LogP contribution in [-0.4, -0.2) is 23.8 Å². The lowest BCUT2D eigenvalue weighted by Crippen LogP contribution is -2.11. The number of nitrogens with one attached hydrogen (secondary N) is 2. The Morgan fingerprint density at radius 1 is 1.54 bits per heavy atom. The van der Waals surface area contributed by atoms with Crippen LogP contribution in [0.5, 0.6) is 0 Å². The van der Waals surface area contributed by atoms with Gasteiger partial charge in [0.1, 0.15) is 0 Å². The molecule has 0 spiro atoms. The summed E-state index contributed by atoms with van der Waals surface area (Å²) in [4.78, 5) is 0. The van der Waals surface area contributed by atoms with E-state index in [1.165, 1.54) is 11.3 Å². The predicted molar refractivity (Wildman–Crippen MR) is 54.8 cm³/mol. The third-order valence-electron chi connectivity index (χ3n) is 2.06. The Morgan fingerprint density at radius 3 is 2.92 bits per heavy atom. The second-order valence-electron chi connectivity index (χ2n) is 3.83. The largest absolute Gasteiger partial charge is 0.319 e. The standard InChI is InChI=1S/C10H19N3/c1-8(2)6-10-9(4-5-11-3)7-12-13-10/h7-8,11H,4-6H2,1-3H3,(H,12,13). The van der Waals surface area contributed by atoms with Gasteiger partial charge in [-0.25, -0.2) is 0 Å². The molecule has 0 aromatic carbocycles. The molecule has 0 amide bonds. The number of aromatic nitrogens is 2. The van der Waals surface area contributed by atoms with E-state index in [2.05, 4.69) is 29.4 Å². The van der Waals surface area contributed by atoms with E-state index < -0.39 is 0 Å². The summed E-state index contributed by atoms with van der Waals surface area (Å²) in [5, 5.41) is 10.3. The maximum absolute atomic E-state index is 4.08. The van der Waals surface area contributed by atoms with E-state index in [9.17, 15) is 0 Å². The van der Waals surface area contributed by atoms with Gasteiger partial charge in [-0.05, 0) is 37.9 Å². The fourth-order valence-corrected chi connectivity index (χ4v) is 1.40. The highest BCUT2D eigenvalue weighted by molar-refractivity contribution is 5.17. The first-order valence-electron chi connectivity index (χ1n) is 4.89. The molecule has 1 aromatic heterocycles. The van der Waals surface area contributed by atoms with Gasteiger partial charge in [0.15, 0.2) is 0 Å². The van der Waals surface area contributed by atoms with Gasteiger partial charge in [0.2, 0.25) is 0 Å². The first kappa shape index (κ1) is 10.3. The second kappa shape index (κ2) is 5.02. The molecule has 1 aromatic rings. The van der Waals surface area contributed by atoms with Crippen LogP contribution < -0.4 is 5.32 Å². The van der Waals surface area contributed by atoms with E-state index in [-0.39, 0.29) is 0 Å². The monoisotopic (exact) mass is 181 g/mol. The fraction of sp³-hybridized carbons (Fsp3) is 0.700. The van der Waals surface area contributed by atoms with Crippen LogP contribution in [0.1, 0.15) is 25.1 Å². The average Bonchev–Trinajstić information content (AvgIpc) is 2.48. The van der Waals surface area contributed by atoms with E-state index >= 15 is 0 Å². The molecule has 0 saturated heterocycles. The zero-order chi connectivity index (χ0) is 9.68. The number of rotatable bonds is 5. The lowest BCUT2D eigenvalue weighted by molar-refractivity contribution is 0.627. The summed E-state index contributed by atoms with van der Waals surface area (Å²) in [5.41, 5.74) is 2.65. The van der Waals surface area contributed by atoms with Crippen LogP contribution in [0.15, 0.2) is 6.20 Å². The van der Waals surface area contributed by atoms with E-state index in [4.69, 9.17) is 0 Å². The predicted octanol–water partition coefficient (Wildman–Crippen LogP) is 1.37. The van der Waals surface area contributed by atoms with Gasteiger partial charge in [-0.3, -0.25) is 5.10 Å². The van der Waals surface area contributed by atoms with Crippen LogP contribution in [0.4, 0.5) is 0 Å². The van der Waals surface area contributed by atoms with Crippen LogP contribution in [0.3, 0.4) is 0 Å². The molecule has 3 nitrogen and oxygen atoms in total. The molecule has 3 heteroatoms. The van der Waals surface area contributed by atoms with Crippen molar-refractivity contribution in [2.75, 3.05) is 13.6 Å². The summed E-state index contributed by atoms with van der Waals surface area (Å²) in [6, 6.07) is 0. The van der Waals surface area contributed by atoms with Crippen molar-refractivity contribution in [2.24, 2.45) is 5.92 Å². The van der Waals surface area contributed by atoms with Crippen LogP contribution in [0, 0.1) is 5.92 Å². The third kappa shape index (κ3) is 3.19. The van der Waals surface area contributed by atoms with Gasteiger partial charge < -0.3 is 5.32 Å². The first-order chi connectivity index (χ1) is 6.24. The lowest BCUT2D eigenvalue weighted by atomic mass is 10.0. The Labute approximate surface area is 79.9 Å². The van der Waals surface area contributed by atoms with Crippen molar-refractivity contribution in [2.45, 2.75) is 26.7 Å². The molecule has 1 rings (SSSR count). The van der Waals surface area contributed by atoms with Crippen molar-refractivity contribution < 1.29 is 0 Å². The summed E-state index contributed by atoms with van der Waals surface area (Å²) in [6.45, 7) is 5.47. The molecular formula is C10H19N3. The molecule has 0 aliphatic heterocycles. The molecule has 0 bridgehead atoms. The molecule has 0 unspecified atom stereocenters. The van der Waals surface area contributed by atoms with E-state index in [0.29, 0.717) is 5.92 Å². The van der Waals surface area contributed by atoms with Crippen molar-refractivity contribution in [3.05, 3.63) is 17.5 Å². The number of nitrogens with zero attached hydrogens (tertiary/aromatic N) is 1. The van der Waals surface area contributed by atoms with Gasteiger partial charge in [-0.15, -0.1) is 0 Å². The van der Waals surface area contributed by atoms with E-state index in [0.717, 1.165) is 19.4 Å². The highest BCUT2D eigenvalue weighted by Crippen LogP contribution is 2.10. The van der Waals surface area contributed by atoms with Gasteiger partial charge in [-0.2, -0.15) is 5.10 Å². The van der Waals surface area contributed by atoms with E-state index in [1.54, 1.807) is 0 Å². The normalized spacial score (nSPS) is 11.1. The highest BCUT2D eigenvalue weighted by Gasteiger charge is 2.05. The molecule has 0 radical (unpaired) electrons. The third-order valence-corrected chi connectivity index (χ3v) is 2.06. The second-order valence-corrected chi connectivity index (χ2v) is 3.83. The zero-order valence-corrected chi connectivity index (χ0v) is 8.72. The van der Waals surface area contributed by atoms with Crippen molar-refractivity contribution >= 4 is 0 Å². The molecule has 0 aliphatic carbocycles. The van der Waals surface area contributed by atoms with Gasteiger partial charge in [0.05, 0.1) is 6.20 Å². The van der Waals surface area contributed by atoms with Gasteiger partial charge in [0, 0.05) is 5.69 Å². The smallest absolute Gasteiger partial charge is 0.0522 e. The first-order valence-corrected chi connectivity index (χ1v) is 4.89.